The Hall–Kier alpha value is -2.12. The molecule has 8 heteroatoms. The molecule has 0 aliphatic heterocycles. The topological polar surface area (TPSA) is 109 Å². The number of carboxylic acid groups (broad SMARTS) is 1. The van der Waals surface area contributed by atoms with E-state index in [2.05, 4.69) is 20.7 Å². The summed E-state index contributed by atoms with van der Waals surface area (Å²) in [6.07, 6.45) is 1.65. The van der Waals surface area contributed by atoms with E-state index in [0.29, 0.717) is 6.42 Å². The normalized spacial score (nSPS) is 12.2. The van der Waals surface area contributed by atoms with Gasteiger partial charge in [-0.1, -0.05) is 13.8 Å². The first kappa shape index (κ1) is 13.9. The van der Waals surface area contributed by atoms with Crippen molar-refractivity contribution in [2.45, 2.75) is 26.3 Å². The first-order valence-electron chi connectivity index (χ1n) is 5.54. The van der Waals surface area contributed by atoms with Gasteiger partial charge in [-0.2, -0.15) is 10.1 Å². The quantitative estimate of drug-likeness (QED) is 0.707. The summed E-state index contributed by atoms with van der Waals surface area (Å²) in [5.74, 6) is -0.640. The van der Waals surface area contributed by atoms with E-state index >= 15 is 0 Å². The predicted molar refractivity (Wildman–Crippen MR) is 64.0 cm³/mol. The number of rotatable bonds is 5. The lowest BCUT2D eigenvalue weighted by molar-refractivity contribution is -0.139. The first-order valence-corrected chi connectivity index (χ1v) is 5.54. The highest BCUT2D eigenvalue weighted by Gasteiger charge is 2.21. The zero-order chi connectivity index (χ0) is 13.7. The van der Waals surface area contributed by atoms with Gasteiger partial charge in [0.2, 0.25) is 5.95 Å². The second kappa shape index (κ2) is 5.99. The Labute approximate surface area is 104 Å². The van der Waals surface area contributed by atoms with E-state index in [9.17, 15) is 9.59 Å². The number of aliphatic carboxylic acids is 1. The zero-order valence-corrected chi connectivity index (χ0v) is 10.5. The smallest absolute Gasteiger partial charge is 0.326 e. The van der Waals surface area contributed by atoms with Crippen LogP contribution in [0, 0.1) is 5.92 Å². The predicted octanol–water partition coefficient (Wildman–Crippen LogP) is 0.436. The minimum Gasteiger partial charge on any atom is -0.480 e. The maximum Gasteiger partial charge on any atom is 0.326 e. The number of nitrogens with one attached hydrogen (secondary N) is 2. The van der Waals surface area contributed by atoms with Crippen molar-refractivity contribution in [2.24, 2.45) is 13.0 Å². The molecule has 1 atom stereocenters. The molecule has 1 rings (SSSR count). The molecule has 0 bridgehead atoms. The summed E-state index contributed by atoms with van der Waals surface area (Å²) in [4.78, 5) is 26.4. The molecule has 0 aliphatic carbocycles. The van der Waals surface area contributed by atoms with Gasteiger partial charge in [-0.05, 0) is 12.3 Å². The van der Waals surface area contributed by atoms with Gasteiger partial charge in [-0.15, -0.1) is 0 Å². The van der Waals surface area contributed by atoms with E-state index in [0.717, 1.165) is 0 Å². The standard InChI is InChI=1S/C10H17N5O3/c1-6(2)4-7(8(16)17)13-10(18)14-9-11-5-12-15(9)3/h5-7H,4H2,1-3H3,(H,16,17)(H2,11,12,13,14,18)/t7-/m1/s1. The Balaban J connectivity index is 2.56. The Morgan fingerprint density at radius 1 is 1.50 bits per heavy atom. The number of amides is 2. The molecule has 2 amide bonds. The molecule has 1 aromatic rings. The Kier molecular flexibility index (Phi) is 4.64. The van der Waals surface area contributed by atoms with Gasteiger partial charge in [0.1, 0.15) is 12.4 Å². The summed E-state index contributed by atoms with van der Waals surface area (Å²) >= 11 is 0. The third-order valence-electron chi connectivity index (χ3n) is 2.25. The van der Waals surface area contributed by atoms with E-state index in [4.69, 9.17) is 5.11 Å². The van der Waals surface area contributed by atoms with Crippen LogP contribution in [0.2, 0.25) is 0 Å². The highest BCUT2D eigenvalue weighted by molar-refractivity contribution is 5.90. The summed E-state index contributed by atoms with van der Waals surface area (Å²) in [6.45, 7) is 3.77. The molecule has 8 nitrogen and oxygen atoms in total. The van der Waals surface area contributed by atoms with E-state index in [1.807, 2.05) is 13.8 Å². The second-order valence-corrected chi connectivity index (χ2v) is 4.33. The summed E-state index contributed by atoms with van der Waals surface area (Å²) in [6, 6.07) is -1.53. The Bertz CT molecular complexity index is 429. The highest BCUT2D eigenvalue weighted by atomic mass is 16.4. The van der Waals surface area contributed by atoms with Crippen LogP contribution in [0.3, 0.4) is 0 Å². The Morgan fingerprint density at radius 3 is 2.61 bits per heavy atom. The fraction of sp³-hybridized carbons (Fsp3) is 0.600. The molecule has 0 spiro atoms. The number of nitrogens with zero attached hydrogens (tertiary/aromatic N) is 3. The minimum atomic E-state index is -1.06. The molecule has 0 unspecified atom stereocenters. The number of carbonyl (C=O) groups excluding carboxylic acids is 1. The van der Waals surface area contributed by atoms with Crippen LogP contribution in [0.25, 0.3) is 0 Å². The Morgan fingerprint density at radius 2 is 2.17 bits per heavy atom. The lowest BCUT2D eigenvalue weighted by atomic mass is 10.0. The van der Waals surface area contributed by atoms with Crippen molar-refractivity contribution in [2.75, 3.05) is 5.32 Å². The molecule has 3 N–H and O–H groups in total. The fourth-order valence-corrected chi connectivity index (χ4v) is 1.40. The van der Waals surface area contributed by atoms with Crippen molar-refractivity contribution >= 4 is 17.9 Å². The van der Waals surface area contributed by atoms with Crippen LogP contribution in [0.15, 0.2) is 6.33 Å². The van der Waals surface area contributed by atoms with E-state index in [1.165, 1.54) is 11.0 Å². The third-order valence-corrected chi connectivity index (χ3v) is 2.25. The molecule has 1 aromatic heterocycles. The molecule has 18 heavy (non-hydrogen) atoms. The number of carboxylic acids is 1. The monoisotopic (exact) mass is 255 g/mol. The fourth-order valence-electron chi connectivity index (χ4n) is 1.40. The van der Waals surface area contributed by atoms with E-state index in [1.54, 1.807) is 7.05 Å². The van der Waals surface area contributed by atoms with Crippen LogP contribution in [0.4, 0.5) is 10.7 Å². The van der Waals surface area contributed by atoms with Crippen molar-refractivity contribution in [1.82, 2.24) is 20.1 Å². The van der Waals surface area contributed by atoms with Gasteiger partial charge in [0.05, 0.1) is 0 Å². The molecule has 1 heterocycles. The molecule has 0 saturated carbocycles. The summed E-state index contributed by atoms with van der Waals surface area (Å²) in [7, 11) is 1.62. The van der Waals surface area contributed by atoms with Gasteiger partial charge < -0.3 is 10.4 Å². The van der Waals surface area contributed by atoms with Gasteiger partial charge in [0.25, 0.3) is 0 Å². The molecule has 0 fully saturated rings. The van der Waals surface area contributed by atoms with Crippen LogP contribution >= 0.6 is 0 Å². The van der Waals surface area contributed by atoms with Gasteiger partial charge in [-0.3, -0.25) is 5.32 Å². The molecule has 0 aliphatic rings. The summed E-state index contributed by atoms with van der Waals surface area (Å²) < 4.78 is 1.37. The molecular weight excluding hydrogens is 238 g/mol. The third kappa shape index (κ3) is 4.04. The van der Waals surface area contributed by atoms with E-state index < -0.39 is 18.0 Å². The number of hydrogen-bond donors (Lipinski definition) is 3. The maximum atomic E-state index is 11.6. The van der Waals surface area contributed by atoms with Crippen LogP contribution in [-0.2, 0) is 11.8 Å². The molecule has 0 saturated heterocycles. The average Bonchev–Trinajstić information content (AvgIpc) is 2.62. The van der Waals surface area contributed by atoms with Gasteiger partial charge >= 0.3 is 12.0 Å². The number of aromatic nitrogens is 3. The SMILES string of the molecule is CC(C)C[C@@H](NC(=O)Nc1ncnn1C)C(=O)O. The number of hydrogen-bond acceptors (Lipinski definition) is 4. The van der Waals surface area contributed by atoms with E-state index in [-0.39, 0.29) is 11.9 Å². The summed E-state index contributed by atoms with van der Waals surface area (Å²) in [5.41, 5.74) is 0. The van der Waals surface area contributed by atoms with Crippen molar-refractivity contribution in [3.63, 3.8) is 0 Å². The zero-order valence-electron chi connectivity index (χ0n) is 10.5. The van der Waals surface area contributed by atoms with Gasteiger partial charge in [0, 0.05) is 7.05 Å². The highest BCUT2D eigenvalue weighted by Crippen LogP contribution is 2.05. The second-order valence-electron chi connectivity index (χ2n) is 4.33. The molecule has 0 aromatic carbocycles. The molecule has 0 radical (unpaired) electrons. The summed E-state index contributed by atoms with van der Waals surface area (Å²) in [5, 5.41) is 17.6. The number of aryl methyl sites for hydroxylation is 1. The van der Waals surface area contributed by atoms with Crippen LogP contribution in [0.5, 0.6) is 0 Å². The maximum absolute atomic E-state index is 11.6. The molecule has 100 valence electrons. The number of carbonyl (C=O) groups is 2. The first-order chi connectivity index (χ1) is 8.40. The van der Waals surface area contributed by atoms with Crippen molar-refractivity contribution in [1.29, 1.82) is 0 Å². The molecular formula is C10H17N5O3. The number of urea groups is 1. The van der Waals surface area contributed by atoms with Crippen LogP contribution in [0.1, 0.15) is 20.3 Å². The minimum absolute atomic E-state index is 0.168. The van der Waals surface area contributed by atoms with Crippen LogP contribution < -0.4 is 10.6 Å². The van der Waals surface area contributed by atoms with Crippen molar-refractivity contribution < 1.29 is 14.7 Å². The van der Waals surface area contributed by atoms with Crippen LogP contribution in [-0.4, -0.2) is 37.9 Å². The average molecular weight is 255 g/mol. The van der Waals surface area contributed by atoms with Crippen molar-refractivity contribution in [3.05, 3.63) is 6.33 Å². The number of anilines is 1. The van der Waals surface area contributed by atoms with Gasteiger partial charge in [-0.25, -0.2) is 14.3 Å². The van der Waals surface area contributed by atoms with Gasteiger partial charge in [0.15, 0.2) is 0 Å². The lowest BCUT2D eigenvalue weighted by Gasteiger charge is -2.16. The lowest BCUT2D eigenvalue weighted by Crippen LogP contribution is -2.44. The van der Waals surface area contributed by atoms with Crippen molar-refractivity contribution in [3.8, 4) is 0 Å². The largest absolute Gasteiger partial charge is 0.480 e.